The first-order valence-corrected chi connectivity index (χ1v) is 8.95. The molecule has 0 aliphatic carbocycles. The second-order valence-corrected chi connectivity index (χ2v) is 7.45. The third-order valence-electron chi connectivity index (χ3n) is 3.06. The van der Waals surface area contributed by atoms with Gasteiger partial charge in [-0.1, -0.05) is 0 Å². The molecule has 0 aromatic heterocycles. The van der Waals surface area contributed by atoms with Gasteiger partial charge in [0.15, 0.2) is 0 Å². The van der Waals surface area contributed by atoms with Crippen molar-refractivity contribution in [1.82, 2.24) is 0 Å². The molecule has 0 aliphatic heterocycles. The Bertz CT molecular complexity index is 316. The Kier molecular flexibility index (Phi) is 8.98. The predicted molar refractivity (Wildman–Crippen MR) is 83.6 cm³/mol. The summed E-state index contributed by atoms with van der Waals surface area (Å²) in [6.45, 7) is 6.50. The van der Waals surface area contributed by atoms with Crippen LogP contribution in [0.15, 0.2) is 41.4 Å². The molecule has 0 unspecified atom stereocenters. The van der Waals surface area contributed by atoms with Crippen LogP contribution in [0.1, 0.15) is 58.3 Å². The zero-order valence-electron chi connectivity index (χ0n) is 11.7. The molecule has 0 N–H and O–H groups in total. The van der Waals surface area contributed by atoms with Crippen molar-refractivity contribution in [3.8, 4) is 0 Å². The van der Waals surface area contributed by atoms with Crippen molar-refractivity contribution >= 4 is 19.4 Å². The minimum atomic E-state index is 0.476. The molecule has 0 heterocycles. The zero-order valence-corrected chi connectivity index (χ0v) is 13.4. The van der Waals surface area contributed by atoms with E-state index in [-0.39, 0.29) is 0 Å². The van der Waals surface area contributed by atoms with Gasteiger partial charge in [0.05, 0.1) is 0 Å². The Balaban J connectivity index is 2.00. The third-order valence-corrected chi connectivity index (χ3v) is 5.16. The van der Waals surface area contributed by atoms with E-state index in [4.69, 9.17) is 0 Å². The van der Waals surface area contributed by atoms with Gasteiger partial charge in [0.25, 0.3) is 0 Å². The Hall–Kier alpha value is -0.521. The SMILES string of the molecule is C=C(CCCCCCCCC)[Se]c1ccccc1. The van der Waals surface area contributed by atoms with Crippen LogP contribution in [-0.2, 0) is 0 Å². The van der Waals surface area contributed by atoms with Crippen LogP contribution in [0.3, 0.4) is 0 Å². The first-order chi connectivity index (χ1) is 8.83. The minimum absolute atomic E-state index is 0.476. The first-order valence-electron chi connectivity index (χ1n) is 7.23. The molecule has 0 saturated heterocycles. The number of benzene rings is 1. The molecule has 0 aliphatic rings. The van der Waals surface area contributed by atoms with Gasteiger partial charge in [-0.2, -0.15) is 0 Å². The predicted octanol–water partition coefficient (Wildman–Crippen LogP) is 4.67. The molecule has 0 spiro atoms. The van der Waals surface area contributed by atoms with Crippen molar-refractivity contribution < 1.29 is 0 Å². The summed E-state index contributed by atoms with van der Waals surface area (Å²) in [7, 11) is 0. The fourth-order valence-corrected chi connectivity index (χ4v) is 3.82. The molecule has 0 nitrogen and oxygen atoms in total. The molecule has 1 aromatic carbocycles. The van der Waals surface area contributed by atoms with Gasteiger partial charge in [0.1, 0.15) is 0 Å². The maximum atomic E-state index is 4.22. The topological polar surface area (TPSA) is 0 Å². The van der Waals surface area contributed by atoms with Crippen LogP contribution in [0.25, 0.3) is 0 Å². The van der Waals surface area contributed by atoms with Crippen LogP contribution in [0, 0.1) is 0 Å². The summed E-state index contributed by atoms with van der Waals surface area (Å²) in [6, 6.07) is 10.8. The molecule has 18 heavy (non-hydrogen) atoms. The summed E-state index contributed by atoms with van der Waals surface area (Å²) < 4.78 is 2.90. The van der Waals surface area contributed by atoms with Gasteiger partial charge in [0, 0.05) is 0 Å². The normalized spacial score (nSPS) is 10.5. The Morgan fingerprint density at radius 2 is 1.56 bits per heavy atom. The summed E-state index contributed by atoms with van der Waals surface area (Å²) in [5, 5.41) is 0. The summed E-state index contributed by atoms with van der Waals surface area (Å²) in [4.78, 5) is 0. The van der Waals surface area contributed by atoms with E-state index in [1.807, 2.05) is 0 Å². The second kappa shape index (κ2) is 10.4. The van der Waals surface area contributed by atoms with Crippen LogP contribution >= 0.6 is 0 Å². The number of rotatable bonds is 10. The Morgan fingerprint density at radius 1 is 0.944 bits per heavy atom. The monoisotopic (exact) mass is 310 g/mol. The maximum absolute atomic E-state index is 4.22. The van der Waals surface area contributed by atoms with Crippen molar-refractivity contribution in [2.45, 2.75) is 58.3 Å². The number of allylic oxidation sites excluding steroid dienone is 1. The van der Waals surface area contributed by atoms with Crippen LogP contribution in [0.5, 0.6) is 0 Å². The third kappa shape index (κ3) is 7.74. The summed E-state index contributed by atoms with van der Waals surface area (Å²) >= 11 is 0.476. The Labute approximate surface area is 119 Å². The quantitative estimate of drug-likeness (QED) is 0.435. The first kappa shape index (κ1) is 15.5. The van der Waals surface area contributed by atoms with Crippen LogP contribution in [-0.4, -0.2) is 15.0 Å². The average molecular weight is 309 g/mol. The fraction of sp³-hybridized carbons (Fsp3) is 0.529. The van der Waals surface area contributed by atoms with E-state index < -0.39 is 0 Å². The molecule has 1 aromatic rings. The van der Waals surface area contributed by atoms with E-state index in [9.17, 15) is 0 Å². The van der Waals surface area contributed by atoms with Crippen molar-refractivity contribution in [2.75, 3.05) is 0 Å². The van der Waals surface area contributed by atoms with E-state index >= 15 is 0 Å². The van der Waals surface area contributed by atoms with Gasteiger partial charge < -0.3 is 0 Å². The van der Waals surface area contributed by atoms with Crippen LogP contribution < -0.4 is 4.46 Å². The summed E-state index contributed by atoms with van der Waals surface area (Å²) in [5.74, 6) is 0. The van der Waals surface area contributed by atoms with Gasteiger partial charge in [-0.3, -0.25) is 0 Å². The molecule has 1 rings (SSSR count). The second-order valence-electron chi connectivity index (χ2n) is 4.83. The summed E-state index contributed by atoms with van der Waals surface area (Å²) in [6.07, 6.45) is 10.9. The zero-order chi connectivity index (χ0) is 13.1. The van der Waals surface area contributed by atoms with Gasteiger partial charge in [-0.15, -0.1) is 0 Å². The van der Waals surface area contributed by atoms with Gasteiger partial charge >= 0.3 is 119 Å². The van der Waals surface area contributed by atoms with Crippen LogP contribution in [0.2, 0.25) is 0 Å². The van der Waals surface area contributed by atoms with Gasteiger partial charge in [0.2, 0.25) is 0 Å². The van der Waals surface area contributed by atoms with Gasteiger partial charge in [-0.05, 0) is 0 Å². The van der Waals surface area contributed by atoms with E-state index in [0.717, 1.165) is 0 Å². The summed E-state index contributed by atoms with van der Waals surface area (Å²) in [5.41, 5.74) is 0. The molecular formula is C17H26Se. The number of hydrogen-bond donors (Lipinski definition) is 0. The molecule has 0 saturated carbocycles. The molecule has 100 valence electrons. The van der Waals surface area contributed by atoms with Crippen molar-refractivity contribution in [2.24, 2.45) is 0 Å². The van der Waals surface area contributed by atoms with Crippen molar-refractivity contribution in [3.63, 3.8) is 0 Å². The van der Waals surface area contributed by atoms with Gasteiger partial charge in [-0.25, -0.2) is 0 Å². The molecular weight excluding hydrogens is 283 g/mol. The average Bonchev–Trinajstić information content (AvgIpc) is 2.39. The molecule has 0 atom stereocenters. The molecule has 0 radical (unpaired) electrons. The van der Waals surface area contributed by atoms with E-state index in [1.54, 1.807) is 0 Å². The van der Waals surface area contributed by atoms with Crippen molar-refractivity contribution in [3.05, 3.63) is 41.4 Å². The number of hydrogen-bond acceptors (Lipinski definition) is 0. The molecule has 0 bridgehead atoms. The van der Waals surface area contributed by atoms with E-state index in [2.05, 4.69) is 43.8 Å². The Morgan fingerprint density at radius 3 is 2.22 bits per heavy atom. The molecule has 1 heteroatoms. The number of unbranched alkanes of at least 4 members (excludes halogenated alkanes) is 6. The van der Waals surface area contributed by atoms with Crippen molar-refractivity contribution in [1.29, 1.82) is 0 Å². The van der Waals surface area contributed by atoms with E-state index in [0.29, 0.717) is 15.0 Å². The standard InChI is InChI=1S/C17H26Se/c1-3-4-5-6-7-8-10-13-16(2)18-17-14-11-9-12-15-17/h9,11-12,14-15H,2-8,10,13H2,1H3. The van der Waals surface area contributed by atoms with Crippen LogP contribution in [0.4, 0.5) is 0 Å². The van der Waals surface area contributed by atoms with E-state index in [1.165, 1.54) is 60.3 Å². The molecule has 0 amide bonds. The molecule has 0 fully saturated rings. The fourth-order valence-electron chi connectivity index (χ4n) is 1.99.